The second-order valence-electron chi connectivity index (χ2n) is 3.76. The van der Waals surface area contributed by atoms with E-state index in [1.165, 1.54) is 25.1 Å². The van der Waals surface area contributed by atoms with Gasteiger partial charge in [0, 0.05) is 24.2 Å². The summed E-state index contributed by atoms with van der Waals surface area (Å²) in [5, 5.41) is 13.8. The SMILES string of the molecule is O=[N+]([O-])c1ccc(CC2CCCN2)nc1. The van der Waals surface area contributed by atoms with Gasteiger partial charge in [0.05, 0.1) is 4.92 Å². The third-order valence-corrected chi connectivity index (χ3v) is 2.64. The highest BCUT2D eigenvalue weighted by atomic mass is 16.6. The van der Waals surface area contributed by atoms with Crippen LogP contribution in [0.4, 0.5) is 5.69 Å². The van der Waals surface area contributed by atoms with E-state index < -0.39 is 4.92 Å². The van der Waals surface area contributed by atoms with E-state index >= 15 is 0 Å². The second kappa shape index (κ2) is 4.35. The first-order valence-corrected chi connectivity index (χ1v) is 5.08. The van der Waals surface area contributed by atoms with Crippen LogP contribution in [0, 0.1) is 10.1 Å². The summed E-state index contributed by atoms with van der Waals surface area (Å²) in [6, 6.07) is 3.73. The smallest absolute Gasteiger partial charge is 0.287 e. The van der Waals surface area contributed by atoms with Crippen molar-refractivity contribution >= 4 is 5.69 Å². The van der Waals surface area contributed by atoms with Crippen molar-refractivity contribution in [1.82, 2.24) is 10.3 Å². The Morgan fingerprint density at radius 1 is 1.60 bits per heavy atom. The highest BCUT2D eigenvalue weighted by Crippen LogP contribution is 2.13. The number of nitro groups is 1. The van der Waals surface area contributed by atoms with Crippen molar-refractivity contribution < 1.29 is 4.92 Å². The van der Waals surface area contributed by atoms with Gasteiger partial charge in [0.1, 0.15) is 6.20 Å². The van der Waals surface area contributed by atoms with Gasteiger partial charge in [-0.25, -0.2) is 0 Å². The lowest BCUT2D eigenvalue weighted by Gasteiger charge is -2.08. The van der Waals surface area contributed by atoms with Crippen molar-refractivity contribution in [2.75, 3.05) is 6.54 Å². The van der Waals surface area contributed by atoms with E-state index in [1.54, 1.807) is 6.07 Å². The Hall–Kier alpha value is -1.49. The van der Waals surface area contributed by atoms with Gasteiger partial charge in [-0.1, -0.05) is 0 Å². The van der Waals surface area contributed by atoms with Gasteiger partial charge in [-0.05, 0) is 25.5 Å². The van der Waals surface area contributed by atoms with Crippen LogP contribution in [-0.2, 0) is 6.42 Å². The highest BCUT2D eigenvalue weighted by Gasteiger charge is 2.15. The van der Waals surface area contributed by atoms with Crippen LogP contribution in [0.25, 0.3) is 0 Å². The van der Waals surface area contributed by atoms with Gasteiger partial charge in [0.2, 0.25) is 0 Å². The summed E-state index contributed by atoms with van der Waals surface area (Å²) in [6.45, 7) is 1.07. The zero-order valence-corrected chi connectivity index (χ0v) is 8.35. The highest BCUT2D eigenvalue weighted by molar-refractivity contribution is 5.27. The maximum absolute atomic E-state index is 10.4. The molecule has 1 aliphatic heterocycles. The molecule has 0 saturated carbocycles. The normalized spacial score (nSPS) is 20.4. The average Bonchev–Trinajstić information content (AvgIpc) is 2.71. The minimum absolute atomic E-state index is 0.0538. The summed E-state index contributed by atoms with van der Waals surface area (Å²) in [5.74, 6) is 0. The molecule has 2 rings (SSSR count). The van der Waals surface area contributed by atoms with Crippen LogP contribution in [0.1, 0.15) is 18.5 Å². The molecule has 0 amide bonds. The predicted octanol–water partition coefficient (Wildman–Crippen LogP) is 1.28. The van der Waals surface area contributed by atoms with Crippen LogP contribution in [0.5, 0.6) is 0 Å². The first-order chi connectivity index (χ1) is 7.25. The molecule has 15 heavy (non-hydrogen) atoms. The van der Waals surface area contributed by atoms with Gasteiger partial charge in [-0.15, -0.1) is 0 Å². The maximum Gasteiger partial charge on any atom is 0.287 e. The van der Waals surface area contributed by atoms with Crippen molar-refractivity contribution in [2.24, 2.45) is 0 Å². The number of nitrogens with zero attached hydrogens (tertiary/aromatic N) is 2. The van der Waals surface area contributed by atoms with Gasteiger partial charge in [-0.2, -0.15) is 0 Å². The minimum atomic E-state index is -0.426. The Bertz CT molecular complexity index is 344. The molecule has 5 heteroatoms. The fraction of sp³-hybridized carbons (Fsp3) is 0.500. The van der Waals surface area contributed by atoms with Crippen LogP contribution < -0.4 is 5.32 Å². The fourth-order valence-electron chi connectivity index (χ4n) is 1.83. The molecular weight excluding hydrogens is 194 g/mol. The molecule has 1 unspecified atom stereocenters. The number of hydrogen-bond acceptors (Lipinski definition) is 4. The standard InChI is InChI=1S/C10H13N3O2/c14-13(15)10-4-3-9(12-7-10)6-8-2-1-5-11-8/h3-4,7-8,11H,1-2,5-6H2. The zero-order chi connectivity index (χ0) is 10.7. The number of pyridine rings is 1. The number of nitrogens with one attached hydrogen (secondary N) is 1. The Morgan fingerprint density at radius 2 is 2.47 bits per heavy atom. The topological polar surface area (TPSA) is 68.1 Å². The molecule has 0 spiro atoms. The van der Waals surface area contributed by atoms with Crippen LogP contribution in [-0.4, -0.2) is 22.5 Å². The first-order valence-electron chi connectivity index (χ1n) is 5.08. The van der Waals surface area contributed by atoms with Crippen molar-refractivity contribution in [1.29, 1.82) is 0 Å². The molecule has 0 aliphatic carbocycles. The van der Waals surface area contributed by atoms with E-state index in [2.05, 4.69) is 10.3 Å². The number of aromatic nitrogens is 1. The Kier molecular flexibility index (Phi) is 2.91. The summed E-state index contributed by atoms with van der Waals surface area (Å²) in [5.41, 5.74) is 0.970. The van der Waals surface area contributed by atoms with Crippen LogP contribution in [0.3, 0.4) is 0 Å². The summed E-state index contributed by atoms with van der Waals surface area (Å²) in [6.07, 6.45) is 4.55. The quantitative estimate of drug-likeness (QED) is 0.599. The molecule has 0 radical (unpaired) electrons. The molecule has 1 aliphatic rings. The molecule has 0 aromatic carbocycles. The van der Waals surface area contributed by atoms with Gasteiger partial charge in [0.15, 0.2) is 0 Å². The van der Waals surface area contributed by atoms with Crippen molar-refractivity contribution in [2.45, 2.75) is 25.3 Å². The molecule has 1 saturated heterocycles. The zero-order valence-electron chi connectivity index (χ0n) is 8.35. The lowest BCUT2D eigenvalue weighted by atomic mass is 10.1. The predicted molar refractivity (Wildman–Crippen MR) is 55.6 cm³/mol. The summed E-state index contributed by atoms with van der Waals surface area (Å²) < 4.78 is 0. The van der Waals surface area contributed by atoms with Gasteiger partial charge < -0.3 is 5.32 Å². The lowest BCUT2D eigenvalue weighted by Crippen LogP contribution is -2.23. The van der Waals surface area contributed by atoms with Crippen molar-refractivity contribution in [3.63, 3.8) is 0 Å². The van der Waals surface area contributed by atoms with E-state index in [-0.39, 0.29) is 5.69 Å². The summed E-state index contributed by atoms with van der Waals surface area (Å²) >= 11 is 0. The van der Waals surface area contributed by atoms with E-state index in [0.717, 1.165) is 18.7 Å². The van der Waals surface area contributed by atoms with E-state index in [4.69, 9.17) is 0 Å². The molecule has 1 atom stereocenters. The molecular formula is C10H13N3O2. The molecule has 2 heterocycles. The minimum Gasteiger partial charge on any atom is -0.314 e. The third-order valence-electron chi connectivity index (χ3n) is 2.64. The van der Waals surface area contributed by atoms with Crippen molar-refractivity contribution in [3.05, 3.63) is 34.1 Å². The van der Waals surface area contributed by atoms with Crippen LogP contribution in [0.2, 0.25) is 0 Å². The molecule has 5 nitrogen and oxygen atoms in total. The fourth-order valence-corrected chi connectivity index (χ4v) is 1.83. The molecule has 1 fully saturated rings. The number of hydrogen-bond donors (Lipinski definition) is 1. The van der Waals surface area contributed by atoms with Crippen LogP contribution >= 0.6 is 0 Å². The molecule has 80 valence electrons. The van der Waals surface area contributed by atoms with E-state index in [1.807, 2.05) is 0 Å². The summed E-state index contributed by atoms with van der Waals surface area (Å²) in [7, 11) is 0. The second-order valence-corrected chi connectivity index (χ2v) is 3.76. The van der Waals surface area contributed by atoms with Crippen LogP contribution in [0.15, 0.2) is 18.3 Å². The Balaban J connectivity index is 2.00. The van der Waals surface area contributed by atoms with Crippen molar-refractivity contribution in [3.8, 4) is 0 Å². The molecule has 0 bridgehead atoms. The lowest BCUT2D eigenvalue weighted by molar-refractivity contribution is -0.385. The Labute approximate surface area is 87.7 Å². The first kappa shape index (κ1) is 10.0. The monoisotopic (exact) mass is 207 g/mol. The van der Waals surface area contributed by atoms with Gasteiger partial charge >= 0.3 is 0 Å². The molecule has 1 aromatic rings. The number of rotatable bonds is 3. The van der Waals surface area contributed by atoms with E-state index in [0.29, 0.717) is 6.04 Å². The third kappa shape index (κ3) is 2.50. The average molecular weight is 207 g/mol. The molecule has 1 N–H and O–H groups in total. The molecule has 1 aromatic heterocycles. The summed E-state index contributed by atoms with van der Waals surface area (Å²) in [4.78, 5) is 14.1. The Morgan fingerprint density at radius 3 is 3.00 bits per heavy atom. The van der Waals surface area contributed by atoms with Gasteiger partial charge in [-0.3, -0.25) is 15.1 Å². The van der Waals surface area contributed by atoms with Gasteiger partial charge in [0.25, 0.3) is 5.69 Å². The largest absolute Gasteiger partial charge is 0.314 e. The van der Waals surface area contributed by atoms with E-state index in [9.17, 15) is 10.1 Å². The maximum atomic E-state index is 10.4.